The molecule has 0 aliphatic carbocycles. The molecule has 1 heterocycles. The molecule has 1 fully saturated rings. The van der Waals surface area contributed by atoms with Crippen LogP contribution in [0.3, 0.4) is 0 Å². The van der Waals surface area contributed by atoms with E-state index < -0.39 is 0 Å². The zero-order valence-electron chi connectivity index (χ0n) is 8.81. The van der Waals surface area contributed by atoms with Crippen molar-refractivity contribution in [2.75, 3.05) is 20.2 Å². The summed E-state index contributed by atoms with van der Waals surface area (Å²) in [6.45, 7) is 3.76. The molecule has 3 heteroatoms. The van der Waals surface area contributed by atoms with Gasteiger partial charge in [-0.3, -0.25) is 0 Å². The molecule has 13 heavy (non-hydrogen) atoms. The number of hydrogen-bond acceptors (Lipinski definition) is 3. The van der Waals surface area contributed by atoms with Crippen LogP contribution < -0.4 is 11.1 Å². The van der Waals surface area contributed by atoms with Gasteiger partial charge in [-0.25, -0.2) is 0 Å². The highest BCUT2D eigenvalue weighted by Crippen LogP contribution is 2.25. The van der Waals surface area contributed by atoms with Gasteiger partial charge < -0.3 is 15.8 Å². The maximum absolute atomic E-state index is 5.79. The summed E-state index contributed by atoms with van der Waals surface area (Å²) in [4.78, 5) is 0. The van der Waals surface area contributed by atoms with E-state index in [1.54, 1.807) is 0 Å². The van der Waals surface area contributed by atoms with E-state index >= 15 is 0 Å². The second-order valence-corrected chi connectivity index (χ2v) is 3.97. The van der Waals surface area contributed by atoms with Crippen molar-refractivity contribution in [1.82, 2.24) is 5.32 Å². The number of likely N-dealkylation sites (N-methyl/N-ethyl adjacent to an activating group) is 1. The number of nitrogens with two attached hydrogens (primary N) is 1. The summed E-state index contributed by atoms with van der Waals surface area (Å²) in [5, 5.41) is 3.35. The molecule has 2 unspecified atom stereocenters. The van der Waals surface area contributed by atoms with E-state index in [2.05, 4.69) is 12.2 Å². The van der Waals surface area contributed by atoms with Crippen molar-refractivity contribution >= 4 is 0 Å². The first-order valence-corrected chi connectivity index (χ1v) is 5.27. The van der Waals surface area contributed by atoms with E-state index in [9.17, 15) is 0 Å². The summed E-state index contributed by atoms with van der Waals surface area (Å²) in [6, 6.07) is 0. The van der Waals surface area contributed by atoms with Crippen LogP contribution in [0.5, 0.6) is 0 Å². The normalized spacial score (nSPS) is 34.8. The Balaban J connectivity index is 2.48. The lowest BCUT2D eigenvalue weighted by Crippen LogP contribution is -2.55. The Morgan fingerprint density at radius 2 is 2.38 bits per heavy atom. The van der Waals surface area contributed by atoms with Crippen LogP contribution >= 0.6 is 0 Å². The summed E-state index contributed by atoms with van der Waals surface area (Å²) in [6.07, 6.45) is 4.86. The number of rotatable bonds is 4. The van der Waals surface area contributed by atoms with Crippen molar-refractivity contribution in [3.05, 3.63) is 0 Å². The molecule has 0 spiro atoms. The van der Waals surface area contributed by atoms with Crippen molar-refractivity contribution in [2.45, 2.75) is 44.2 Å². The summed E-state index contributed by atoms with van der Waals surface area (Å²) in [5.74, 6) is 0. The minimum atomic E-state index is 0.137. The predicted octanol–water partition coefficient (Wildman–Crippen LogP) is 0.882. The van der Waals surface area contributed by atoms with Crippen LogP contribution in [-0.2, 0) is 4.74 Å². The van der Waals surface area contributed by atoms with Crippen LogP contribution in [0.25, 0.3) is 0 Å². The second kappa shape index (κ2) is 4.94. The number of nitrogens with one attached hydrogen (secondary N) is 1. The van der Waals surface area contributed by atoms with Crippen molar-refractivity contribution in [3.63, 3.8) is 0 Å². The third kappa shape index (κ3) is 2.66. The third-order valence-corrected chi connectivity index (χ3v) is 3.08. The number of ether oxygens (including phenoxy) is 1. The highest BCUT2D eigenvalue weighted by Gasteiger charge is 2.33. The topological polar surface area (TPSA) is 47.3 Å². The Morgan fingerprint density at radius 1 is 1.62 bits per heavy atom. The fourth-order valence-corrected chi connectivity index (χ4v) is 2.04. The summed E-state index contributed by atoms with van der Waals surface area (Å²) < 4.78 is 5.68. The van der Waals surface area contributed by atoms with Crippen LogP contribution in [0.4, 0.5) is 0 Å². The van der Waals surface area contributed by atoms with Gasteiger partial charge >= 0.3 is 0 Å². The van der Waals surface area contributed by atoms with Crippen LogP contribution in [0.1, 0.15) is 32.6 Å². The first kappa shape index (κ1) is 11.0. The van der Waals surface area contributed by atoms with E-state index in [1.165, 1.54) is 6.42 Å². The molecule has 2 atom stereocenters. The van der Waals surface area contributed by atoms with E-state index in [0.29, 0.717) is 12.6 Å². The Hall–Kier alpha value is -0.120. The molecule has 78 valence electrons. The zero-order chi connectivity index (χ0) is 9.73. The van der Waals surface area contributed by atoms with Gasteiger partial charge in [0.2, 0.25) is 0 Å². The minimum absolute atomic E-state index is 0.137. The Bertz CT molecular complexity index is 144. The molecule has 0 saturated carbocycles. The van der Waals surface area contributed by atoms with Crippen LogP contribution in [0, 0.1) is 0 Å². The first-order valence-electron chi connectivity index (χ1n) is 5.27. The molecule has 0 radical (unpaired) electrons. The van der Waals surface area contributed by atoms with Crippen LogP contribution in [0.2, 0.25) is 0 Å². The van der Waals surface area contributed by atoms with Crippen molar-refractivity contribution < 1.29 is 4.74 Å². The highest BCUT2D eigenvalue weighted by atomic mass is 16.5. The fraction of sp³-hybridized carbons (Fsp3) is 1.00. The largest absolute Gasteiger partial charge is 0.378 e. The zero-order valence-corrected chi connectivity index (χ0v) is 8.81. The van der Waals surface area contributed by atoms with Gasteiger partial charge in [0.15, 0.2) is 0 Å². The summed E-state index contributed by atoms with van der Waals surface area (Å²) in [7, 11) is 2.00. The molecule has 0 bridgehead atoms. The smallest absolute Gasteiger partial charge is 0.0593 e. The average Bonchev–Trinajstić information content (AvgIpc) is 2.19. The fourth-order valence-electron chi connectivity index (χ4n) is 2.04. The molecular formula is C10H22N2O. The minimum Gasteiger partial charge on any atom is -0.378 e. The Kier molecular flexibility index (Phi) is 4.16. The lowest BCUT2D eigenvalue weighted by atomic mass is 9.85. The maximum atomic E-state index is 5.79. The Morgan fingerprint density at radius 3 is 2.92 bits per heavy atom. The molecule has 3 N–H and O–H groups in total. The molecule has 1 aliphatic rings. The number of hydrogen-bond donors (Lipinski definition) is 2. The van der Waals surface area contributed by atoms with E-state index in [1.807, 2.05) is 7.05 Å². The molecular weight excluding hydrogens is 164 g/mol. The van der Waals surface area contributed by atoms with E-state index in [-0.39, 0.29) is 5.54 Å². The molecule has 0 aromatic rings. The van der Waals surface area contributed by atoms with Gasteiger partial charge in [-0.15, -0.1) is 0 Å². The lowest BCUT2D eigenvalue weighted by Gasteiger charge is -2.40. The highest BCUT2D eigenvalue weighted by molar-refractivity contribution is 4.93. The average molecular weight is 186 g/mol. The molecule has 3 nitrogen and oxygen atoms in total. The molecule has 1 rings (SSSR count). The molecule has 1 saturated heterocycles. The van der Waals surface area contributed by atoms with Crippen LogP contribution in [-0.4, -0.2) is 31.8 Å². The predicted molar refractivity (Wildman–Crippen MR) is 54.7 cm³/mol. The lowest BCUT2D eigenvalue weighted by molar-refractivity contribution is -0.0286. The van der Waals surface area contributed by atoms with Gasteiger partial charge in [0.05, 0.1) is 6.10 Å². The van der Waals surface area contributed by atoms with Crippen molar-refractivity contribution in [1.29, 1.82) is 0 Å². The van der Waals surface area contributed by atoms with Gasteiger partial charge in [-0.05, 0) is 26.3 Å². The van der Waals surface area contributed by atoms with Gasteiger partial charge in [-0.2, -0.15) is 0 Å². The van der Waals surface area contributed by atoms with Gasteiger partial charge in [-0.1, -0.05) is 13.3 Å². The summed E-state index contributed by atoms with van der Waals surface area (Å²) in [5.41, 5.74) is 5.93. The summed E-state index contributed by atoms with van der Waals surface area (Å²) >= 11 is 0. The van der Waals surface area contributed by atoms with Gasteiger partial charge in [0.1, 0.15) is 0 Å². The van der Waals surface area contributed by atoms with Crippen LogP contribution in [0.15, 0.2) is 0 Å². The van der Waals surface area contributed by atoms with E-state index in [0.717, 1.165) is 25.9 Å². The van der Waals surface area contributed by atoms with Crippen molar-refractivity contribution in [3.8, 4) is 0 Å². The monoisotopic (exact) mass is 186 g/mol. The Labute approximate surface area is 81.0 Å². The van der Waals surface area contributed by atoms with E-state index in [4.69, 9.17) is 10.5 Å². The van der Waals surface area contributed by atoms with Gasteiger partial charge in [0, 0.05) is 18.7 Å². The third-order valence-electron chi connectivity index (χ3n) is 3.08. The molecule has 0 aromatic carbocycles. The standard InChI is InChI=1S/C10H22N2O/c1-3-4-9-7-10(8-11,12-2)5-6-13-9/h9,12H,3-8,11H2,1-2H3. The quantitative estimate of drug-likeness (QED) is 0.685. The SMILES string of the molecule is CCCC1CC(CN)(NC)CCO1. The molecule has 0 amide bonds. The van der Waals surface area contributed by atoms with Crippen molar-refractivity contribution in [2.24, 2.45) is 5.73 Å². The first-order chi connectivity index (χ1) is 6.26. The molecule has 1 aliphatic heterocycles. The maximum Gasteiger partial charge on any atom is 0.0593 e. The van der Waals surface area contributed by atoms with Gasteiger partial charge in [0.25, 0.3) is 0 Å². The molecule has 0 aromatic heterocycles. The second-order valence-electron chi connectivity index (χ2n) is 3.97.